The Hall–Kier alpha value is -2.37. The van der Waals surface area contributed by atoms with Crippen molar-refractivity contribution in [1.29, 1.82) is 0 Å². The number of halogens is 2. The number of aromatic nitrogens is 2. The average molecular weight is 362 g/mol. The molecule has 1 heterocycles. The maximum Gasteiger partial charge on any atom is 0.251 e. The van der Waals surface area contributed by atoms with E-state index in [2.05, 4.69) is 15.5 Å². The molecule has 1 unspecified atom stereocenters. The van der Waals surface area contributed by atoms with Crippen LogP contribution in [0, 0.1) is 0 Å². The van der Waals surface area contributed by atoms with Crippen molar-refractivity contribution in [2.24, 2.45) is 0 Å². The van der Waals surface area contributed by atoms with E-state index in [1.807, 2.05) is 6.07 Å². The second-order valence-corrected chi connectivity index (χ2v) is 6.04. The molecule has 0 aliphatic heterocycles. The Labute approximate surface area is 148 Å². The molecular formula is C17H13Cl2N3O2. The minimum absolute atomic E-state index is 0.248. The van der Waals surface area contributed by atoms with Gasteiger partial charge < -0.3 is 9.84 Å². The van der Waals surface area contributed by atoms with Crippen LogP contribution in [0.5, 0.6) is 0 Å². The van der Waals surface area contributed by atoms with Gasteiger partial charge in [0.25, 0.3) is 5.91 Å². The monoisotopic (exact) mass is 361 g/mol. The molecule has 3 rings (SSSR count). The number of nitrogens with zero attached hydrogens (tertiary/aromatic N) is 2. The molecule has 0 saturated carbocycles. The smallest absolute Gasteiger partial charge is 0.251 e. The number of carbonyl (C=O) groups is 1. The van der Waals surface area contributed by atoms with E-state index in [1.165, 1.54) is 0 Å². The van der Waals surface area contributed by atoms with Crippen LogP contribution in [-0.2, 0) is 0 Å². The first-order chi connectivity index (χ1) is 11.5. The molecule has 1 aromatic heterocycles. The van der Waals surface area contributed by atoms with Crippen molar-refractivity contribution in [2.45, 2.75) is 13.0 Å². The number of benzene rings is 2. The van der Waals surface area contributed by atoms with Crippen molar-refractivity contribution in [2.75, 3.05) is 0 Å². The largest absolute Gasteiger partial charge is 0.341 e. The number of rotatable bonds is 4. The molecule has 5 nitrogen and oxygen atoms in total. The van der Waals surface area contributed by atoms with Crippen molar-refractivity contribution in [1.82, 2.24) is 15.5 Å². The van der Waals surface area contributed by atoms with Crippen LogP contribution in [0.25, 0.3) is 11.4 Å². The lowest BCUT2D eigenvalue weighted by Gasteiger charge is -2.09. The van der Waals surface area contributed by atoms with E-state index in [9.17, 15) is 4.79 Å². The van der Waals surface area contributed by atoms with Crippen molar-refractivity contribution >= 4 is 29.1 Å². The molecule has 0 aliphatic carbocycles. The lowest BCUT2D eigenvalue weighted by Crippen LogP contribution is -2.26. The van der Waals surface area contributed by atoms with Gasteiger partial charge in [0, 0.05) is 21.2 Å². The van der Waals surface area contributed by atoms with Gasteiger partial charge in [0.1, 0.15) is 6.04 Å². The van der Waals surface area contributed by atoms with Crippen LogP contribution in [0.15, 0.2) is 53.1 Å². The minimum Gasteiger partial charge on any atom is -0.341 e. The van der Waals surface area contributed by atoms with Gasteiger partial charge in [-0.3, -0.25) is 4.79 Å². The molecular weight excluding hydrogens is 349 g/mol. The van der Waals surface area contributed by atoms with Gasteiger partial charge in [0.05, 0.1) is 0 Å². The Morgan fingerprint density at radius 2 is 1.88 bits per heavy atom. The second-order valence-electron chi connectivity index (χ2n) is 5.17. The summed E-state index contributed by atoms with van der Waals surface area (Å²) < 4.78 is 5.24. The maximum absolute atomic E-state index is 12.2. The van der Waals surface area contributed by atoms with Crippen LogP contribution < -0.4 is 5.32 Å². The molecule has 3 aromatic rings. The van der Waals surface area contributed by atoms with Crippen LogP contribution >= 0.6 is 23.2 Å². The standard InChI is InChI=1S/C17H13Cl2N3O2/c1-10(20-16(23)11-5-7-13(18)8-6-11)17-21-15(22-24-17)12-3-2-4-14(19)9-12/h2-10H,1H3,(H,20,23). The average Bonchev–Trinajstić information content (AvgIpc) is 3.05. The number of carbonyl (C=O) groups excluding carboxylic acids is 1. The third-order valence-electron chi connectivity index (χ3n) is 3.35. The van der Waals surface area contributed by atoms with E-state index in [1.54, 1.807) is 49.4 Å². The minimum atomic E-state index is -0.436. The van der Waals surface area contributed by atoms with Gasteiger partial charge in [-0.05, 0) is 43.3 Å². The molecule has 24 heavy (non-hydrogen) atoms. The Morgan fingerprint density at radius 3 is 2.58 bits per heavy atom. The highest BCUT2D eigenvalue weighted by molar-refractivity contribution is 6.31. The molecule has 0 bridgehead atoms. The summed E-state index contributed by atoms with van der Waals surface area (Å²) >= 11 is 11.8. The molecule has 0 spiro atoms. The second kappa shape index (κ2) is 7.03. The SMILES string of the molecule is CC(NC(=O)c1ccc(Cl)cc1)c1nc(-c2cccc(Cl)c2)no1. The van der Waals surface area contributed by atoms with Crippen LogP contribution in [0.1, 0.15) is 29.2 Å². The first kappa shape index (κ1) is 16.5. The van der Waals surface area contributed by atoms with E-state index in [0.717, 1.165) is 5.56 Å². The molecule has 122 valence electrons. The molecule has 0 aliphatic rings. The van der Waals surface area contributed by atoms with Gasteiger partial charge in [0.2, 0.25) is 11.7 Å². The molecule has 0 fully saturated rings. The van der Waals surface area contributed by atoms with E-state index in [0.29, 0.717) is 27.3 Å². The van der Waals surface area contributed by atoms with Crippen molar-refractivity contribution in [3.05, 3.63) is 70.0 Å². The van der Waals surface area contributed by atoms with Gasteiger partial charge in [-0.2, -0.15) is 4.98 Å². The summed E-state index contributed by atoms with van der Waals surface area (Å²) in [6.45, 7) is 1.77. The number of nitrogens with one attached hydrogen (secondary N) is 1. The Bertz CT molecular complexity index is 862. The fraction of sp³-hybridized carbons (Fsp3) is 0.118. The van der Waals surface area contributed by atoms with E-state index in [4.69, 9.17) is 27.7 Å². The predicted molar refractivity (Wildman–Crippen MR) is 92.1 cm³/mol. The highest BCUT2D eigenvalue weighted by Crippen LogP contribution is 2.22. The van der Waals surface area contributed by atoms with Gasteiger partial charge in [-0.15, -0.1) is 0 Å². The van der Waals surface area contributed by atoms with Gasteiger partial charge >= 0.3 is 0 Å². The Balaban J connectivity index is 1.73. The zero-order valence-electron chi connectivity index (χ0n) is 12.7. The molecule has 2 aromatic carbocycles. The third-order valence-corrected chi connectivity index (χ3v) is 3.84. The topological polar surface area (TPSA) is 68.0 Å². The van der Waals surface area contributed by atoms with E-state index < -0.39 is 6.04 Å². The molecule has 1 amide bonds. The Kier molecular flexibility index (Phi) is 4.83. The molecule has 1 atom stereocenters. The number of hydrogen-bond donors (Lipinski definition) is 1. The fourth-order valence-corrected chi connectivity index (χ4v) is 2.42. The van der Waals surface area contributed by atoms with Gasteiger partial charge in [0.15, 0.2) is 0 Å². The predicted octanol–water partition coefficient (Wildman–Crippen LogP) is 4.53. The molecule has 0 saturated heterocycles. The van der Waals surface area contributed by atoms with Crippen LogP contribution in [-0.4, -0.2) is 16.0 Å². The lowest BCUT2D eigenvalue weighted by atomic mass is 10.2. The number of amides is 1. The van der Waals surface area contributed by atoms with E-state index >= 15 is 0 Å². The zero-order chi connectivity index (χ0) is 17.1. The third kappa shape index (κ3) is 3.75. The number of hydrogen-bond acceptors (Lipinski definition) is 4. The quantitative estimate of drug-likeness (QED) is 0.740. The van der Waals surface area contributed by atoms with Crippen LogP contribution in [0.2, 0.25) is 10.0 Å². The Morgan fingerprint density at radius 1 is 1.12 bits per heavy atom. The molecule has 7 heteroatoms. The molecule has 0 radical (unpaired) electrons. The molecule has 1 N–H and O–H groups in total. The summed E-state index contributed by atoms with van der Waals surface area (Å²) in [7, 11) is 0. The van der Waals surface area contributed by atoms with Crippen molar-refractivity contribution in [3.63, 3.8) is 0 Å². The van der Waals surface area contributed by atoms with Crippen molar-refractivity contribution < 1.29 is 9.32 Å². The van der Waals surface area contributed by atoms with E-state index in [-0.39, 0.29) is 5.91 Å². The summed E-state index contributed by atoms with van der Waals surface area (Å²) in [6.07, 6.45) is 0. The summed E-state index contributed by atoms with van der Waals surface area (Å²) in [5, 5.41) is 7.89. The maximum atomic E-state index is 12.2. The fourth-order valence-electron chi connectivity index (χ4n) is 2.10. The zero-order valence-corrected chi connectivity index (χ0v) is 14.2. The lowest BCUT2D eigenvalue weighted by molar-refractivity contribution is 0.0932. The summed E-state index contributed by atoms with van der Waals surface area (Å²) in [4.78, 5) is 16.5. The normalized spacial score (nSPS) is 12.0. The summed E-state index contributed by atoms with van der Waals surface area (Å²) in [5.74, 6) is 0.481. The van der Waals surface area contributed by atoms with Crippen LogP contribution in [0.3, 0.4) is 0 Å². The first-order valence-corrected chi connectivity index (χ1v) is 7.94. The van der Waals surface area contributed by atoms with Crippen LogP contribution in [0.4, 0.5) is 0 Å². The van der Waals surface area contributed by atoms with Gasteiger partial charge in [-0.1, -0.05) is 40.5 Å². The summed E-state index contributed by atoms with van der Waals surface area (Å²) in [5.41, 5.74) is 1.24. The highest BCUT2D eigenvalue weighted by atomic mass is 35.5. The summed E-state index contributed by atoms with van der Waals surface area (Å²) in [6, 6.07) is 13.3. The van der Waals surface area contributed by atoms with Crippen molar-refractivity contribution in [3.8, 4) is 11.4 Å². The van der Waals surface area contributed by atoms with Gasteiger partial charge in [-0.25, -0.2) is 0 Å². The highest BCUT2D eigenvalue weighted by Gasteiger charge is 2.18. The first-order valence-electron chi connectivity index (χ1n) is 7.19.